The highest BCUT2D eigenvalue weighted by Gasteiger charge is 2.26. The van der Waals surface area contributed by atoms with Gasteiger partial charge in [-0.05, 0) is 42.5 Å². The zero-order valence-electron chi connectivity index (χ0n) is 13.3. The average Bonchev–Trinajstić information content (AvgIpc) is 2.89. The summed E-state index contributed by atoms with van der Waals surface area (Å²) in [6, 6.07) is 9.34. The van der Waals surface area contributed by atoms with Crippen molar-refractivity contribution < 1.29 is 22.0 Å². The number of hydrogen-bond donors (Lipinski definition) is 1. The third kappa shape index (κ3) is 3.27. The number of aromatic nitrogens is 2. The van der Waals surface area contributed by atoms with Crippen LogP contribution in [-0.4, -0.2) is 29.6 Å². The second kappa shape index (κ2) is 6.65. The number of aryl methyl sites for hydroxylation is 1. The molecule has 0 unspecified atom stereocenters. The predicted molar refractivity (Wildman–Crippen MR) is 93.3 cm³/mol. The number of anilines is 1. The molecule has 1 N–H and O–H groups in total. The molecule has 0 bridgehead atoms. The van der Waals surface area contributed by atoms with Crippen LogP contribution in [0.15, 0.2) is 47.4 Å². The molecule has 10 heteroatoms. The Bertz CT molecular complexity index is 1100. The van der Waals surface area contributed by atoms with Crippen molar-refractivity contribution in [3.05, 3.63) is 53.1 Å². The summed E-state index contributed by atoms with van der Waals surface area (Å²) in [5.74, 6) is -3.82. The van der Waals surface area contributed by atoms with Gasteiger partial charge in [0.05, 0.1) is 15.9 Å². The number of sulfone groups is 1. The smallest absolute Gasteiger partial charge is 0.313 e. The van der Waals surface area contributed by atoms with E-state index in [1.807, 2.05) is 0 Å². The highest BCUT2D eigenvalue weighted by Crippen LogP contribution is 2.23. The van der Waals surface area contributed by atoms with E-state index in [4.69, 9.17) is 11.6 Å². The quantitative estimate of drug-likeness (QED) is 0.728. The van der Waals surface area contributed by atoms with E-state index in [0.717, 1.165) is 29.8 Å². The average molecular weight is 400 g/mol. The van der Waals surface area contributed by atoms with Gasteiger partial charge in [0, 0.05) is 17.6 Å². The monoisotopic (exact) mass is 399 g/mol. The standard InChI is InChI=1S/C16H12ClF2N3O3S/c1-22-13-7-4-10(17)8-12(13)20-16(22)21-14(23)9-2-5-11(6-3-9)26(24,25)15(18)19/h2-8,15H,1H3,(H,20,21,23). The summed E-state index contributed by atoms with van der Waals surface area (Å²) in [7, 11) is -2.99. The molecule has 0 radical (unpaired) electrons. The lowest BCUT2D eigenvalue weighted by Crippen LogP contribution is -2.16. The maximum Gasteiger partial charge on any atom is 0.341 e. The van der Waals surface area contributed by atoms with Crippen molar-refractivity contribution in [3.8, 4) is 0 Å². The molecule has 26 heavy (non-hydrogen) atoms. The van der Waals surface area contributed by atoms with E-state index >= 15 is 0 Å². The van der Waals surface area contributed by atoms with E-state index in [1.54, 1.807) is 29.8 Å². The van der Waals surface area contributed by atoms with Crippen molar-refractivity contribution >= 4 is 44.3 Å². The van der Waals surface area contributed by atoms with Crippen LogP contribution in [0.3, 0.4) is 0 Å². The third-order valence-corrected chi connectivity index (χ3v) is 5.38. The van der Waals surface area contributed by atoms with Crippen LogP contribution in [0.1, 0.15) is 10.4 Å². The molecule has 0 aliphatic carbocycles. The van der Waals surface area contributed by atoms with Crippen LogP contribution >= 0.6 is 11.6 Å². The molecular formula is C16H12ClF2N3O3S. The normalized spacial score (nSPS) is 11.9. The zero-order valence-corrected chi connectivity index (χ0v) is 14.9. The summed E-state index contributed by atoms with van der Waals surface area (Å²) in [4.78, 5) is 16.0. The fourth-order valence-corrected chi connectivity index (χ4v) is 3.24. The number of hydrogen-bond acceptors (Lipinski definition) is 4. The molecule has 3 rings (SSSR count). The summed E-state index contributed by atoms with van der Waals surface area (Å²) >= 11 is 5.92. The minimum Gasteiger partial charge on any atom is -0.313 e. The van der Waals surface area contributed by atoms with Crippen LogP contribution in [0.2, 0.25) is 5.02 Å². The van der Waals surface area contributed by atoms with Gasteiger partial charge >= 0.3 is 5.76 Å². The Labute approximate surface area is 152 Å². The minimum absolute atomic E-state index is 0.100. The molecule has 0 fully saturated rings. The second-order valence-corrected chi connectivity index (χ2v) is 7.77. The summed E-state index contributed by atoms with van der Waals surface area (Å²) in [5.41, 5.74) is 1.44. The number of nitrogens with zero attached hydrogens (tertiary/aromatic N) is 2. The fourth-order valence-electron chi connectivity index (χ4n) is 2.36. The van der Waals surface area contributed by atoms with Crippen LogP contribution in [0.25, 0.3) is 11.0 Å². The van der Waals surface area contributed by atoms with Crippen molar-refractivity contribution in [1.82, 2.24) is 9.55 Å². The van der Waals surface area contributed by atoms with Gasteiger partial charge in [0.1, 0.15) is 0 Å². The van der Waals surface area contributed by atoms with Crippen molar-refractivity contribution in [2.24, 2.45) is 7.05 Å². The lowest BCUT2D eigenvalue weighted by atomic mass is 10.2. The Hall–Kier alpha value is -2.52. The van der Waals surface area contributed by atoms with Crippen molar-refractivity contribution in [3.63, 3.8) is 0 Å². The molecular weight excluding hydrogens is 388 g/mol. The summed E-state index contributed by atoms with van der Waals surface area (Å²) < 4.78 is 49.5. The van der Waals surface area contributed by atoms with Crippen LogP contribution < -0.4 is 5.32 Å². The van der Waals surface area contributed by atoms with Gasteiger partial charge in [0.25, 0.3) is 5.91 Å². The third-order valence-electron chi connectivity index (χ3n) is 3.75. The lowest BCUT2D eigenvalue weighted by Gasteiger charge is -2.07. The Morgan fingerprint density at radius 2 is 1.85 bits per heavy atom. The number of rotatable bonds is 4. The van der Waals surface area contributed by atoms with Crippen molar-refractivity contribution in [2.45, 2.75) is 10.7 Å². The first-order valence-corrected chi connectivity index (χ1v) is 9.18. The number of halogens is 3. The Morgan fingerprint density at radius 1 is 1.19 bits per heavy atom. The topological polar surface area (TPSA) is 81.1 Å². The summed E-state index contributed by atoms with van der Waals surface area (Å²) in [6.45, 7) is 0. The molecule has 0 spiro atoms. The number of alkyl halides is 2. The van der Waals surface area contributed by atoms with Gasteiger partial charge < -0.3 is 4.57 Å². The number of imidazole rings is 1. The minimum atomic E-state index is -4.70. The molecule has 0 atom stereocenters. The van der Waals surface area contributed by atoms with Gasteiger partial charge in [-0.25, -0.2) is 13.4 Å². The van der Waals surface area contributed by atoms with E-state index in [-0.39, 0.29) is 11.5 Å². The number of carbonyl (C=O) groups is 1. The maximum absolute atomic E-state index is 12.5. The van der Waals surface area contributed by atoms with Gasteiger partial charge in [0.2, 0.25) is 15.8 Å². The van der Waals surface area contributed by atoms with Gasteiger partial charge in [0.15, 0.2) is 0 Å². The summed E-state index contributed by atoms with van der Waals surface area (Å²) in [5, 5.41) is 3.09. The molecule has 1 amide bonds. The van der Waals surface area contributed by atoms with Gasteiger partial charge in [-0.2, -0.15) is 8.78 Å². The molecule has 1 heterocycles. The molecule has 2 aromatic carbocycles. The van der Waals surface area contributed by atoms with E-state index < -0.39 is 26.4 Å². The number of fused-ring (bicyclic) bond motifs is 1. The molecule has 0 aliphatic heterocycles. The van der Waals surface area contributed by atoms with Crippen LogP contribution in [0.5, 0.6) is 0 Å². The van der Waals surface area contributed by atoms with Crippen molar-refractivity contribution in [1.29, 1.82) is 0 Å². The zero-order chi connectivity index (χ0) is 19.1. The fraction of sp³-hybridized carbons (Fsp3) is 0.125. The Kier molecular flexibility index (Phi) is 4.68. The highest BCUT2D eigenvalue weighted by atomic mass is 35.5. The van der Waals surface area contributed by atoms with E-state index in [1.165, 1.54) is 0 Å². The molecule has 0 aliphatic rings. The first-order chi connectivity index (χ1) is 12.2. The highest BCUT2D eigenvalue weighted by molar-refractivity contribution is 7.91. The van der Waals surface area contributed by atoms with Crippen LogP contribution in [-0.2, 0) is 16.9 Å². The second-order valence-electron chi connectivity index (χ2n) is 5.41. The molecule has 3 aromatic rings. The maximum atomic E-state index is 12.5. The van der Waals surface area contributed by atoms with Gasteiger partial charge in [-0.3, -0.25) is 10.1 Å². The number of carbonyl (C=O) groups excluding carboxylic acids is 1. The van der Waals surface area contributed by atoms with E-state index in [2.05, 4.69) is 10.3 Å². The molecule has 136 valence electrons. The number of nitrogens with one attached hydrogen (secondary N) is 1. The Balaban J connectivity index is 1.86. The first kappa shape index (κ1) is 18.3. The SMILES string of the molecule is Cn1c(NC(=O)c2ccc(S(=O)(=O)C(F)F)cc2)nc2cc(Cl)ccc21. The Morgan fingerprint density at radius 3 is 2.46 bits per heavy atom. The predicted octanol–water partition coefficient (Wildman–Crippen LogP) is 3.48. The molecule has 0 saturated carbocycles. The first-order valence-electron chi connectivity index (χ1n) is 7.25. The van der Waals surface area contributed by atoms with Gasteiger partial charge in [-0.15, -0.1) is 0 Å². The largest absolute Gasteiger partial charge is 0.341 e. The number of amides is 1. The molecule has 1 aromatic heterocycles. The van der Waals surface area contributed by atoms with E-state index in [0.29, 0.717) is 10.5 Å². The number of benzene rings is 2. The van der Waals surface area contributed by atoms with Gasteiger partial charge in [-0.1, -0.05) is 11.6 Å². The van der Waals surface area contributed by atoms with Crippen LogP contribution in [0.4, 0.5) is 14.7 Å². The van der Waals surface area contributed by atoms with Crippen LogP contribution in [0, 0.1) is 0 Å². The summed E-state index contributed by atoms with van der Waals surface area (Å²) in [6.07, 6.45) is 0. The lowest BCUT2D eigenvalue weighted by molar-refractivity contribution is 0.102. The molecule has 0 saturated heterocycles. The van der Waals surface area contributed by atoms with E-state index in [9.17, 15) is 22.0 Å². The molecule has 6 nitrogen and oxygen atoms in total. The van der Waals surface area contributed by atoms with Crippen molar-refractivity contribution in [2.75, 3.05) is 5.32 Å².